The molecule has 0 aliphatic carbocycles. The van der Waals surface area contributed by atoms with Crippen LogP contribution in [0.2, 0.25) is 5.02 Å². The summed E-state index contributed by atoms with van der Waals surface area (Å²) < 4.78 is 31.8. The molecule has 4 N–H and O–H groups in total. The molecule has 160 valence electrons. The number of hydrogen-bond donors (Lipinski definition) is 3. The van der Waals surface area contributed by atoms with Crippen LogP contribution in [0, 0.1) is 0 Å². The average Bonchev–Trinajstić information content (AvgIpc) is 2.73. The van der Waals surface area contributed by atoms with E-state index in [1.807, 2.05) is 0 Å². The number of carbonyl (C=O) groups excluding carboxylic acids is 2. The lowest BCUT2D eigenvalue weighted by atomic mass is 10.2. The fourth-order valence-corrected chi connectivity index (χ4v) is 4.54. The van der Waals surface area contributed by atoms with Crippen molar-refractivity contribution >= 4 is 44.8 Å². The van der Waals surface area contributed by atoms with Gasteiger partial charge in [0.2, 0.25) is 21.8 Å². The van der Waals surface area contributed by atoms with E-state index in [0.717, 1.165) is 0 Å². The van der Waals surface area contributed by atoms with Crippen LogP contribution in [-0.4, -0.2) is 57.4 Å². The van der Waals surface area contributed by atoms with Crippen LogP contribution in [0.15, 0.2) is 47.4 Å². The van der Waals surface area contributed by atoms with Gasteiger partial charge < -0.3 is 21.1 Å². The summed E-state index contributed by atoms with van der Waals surface area (Å²) in [6.07, 6.45) is 0. The van der Waals surface area contributed by atoms with Gasteiger partial charge in [0.25, 0.3) is 0 Å². The summed E-state index contributed by atoms with van der Waals surface area (Å²) in [5.41, 5.74) is 6.40. The summed E-state index contributed by atoms with van der Waals surface area (Å²) in [6, 6.07) is 10.5. The van der Waals surface area contributed by atoms with Crippen LogP contribution in [-0.2, 0) is 19.6 Å². The first-order chi connectivity index (χ1) is 14.3. The summed E-state index contributed by atoms with van der Waals surface area (Å²) in [5.74, 6) is -0.975. The standard InChI is InChI=1S/C19H21ClN4O5S/c20-17-11-14(3-6-16(17)19(21)26)22-12-18(25)23-13-1-4-15(5-2-13)30(27,28)24-7-9-29-10-8-24/h1-6,11,22H,7-10,12H2,(H2,21,26)(H,23,25). The number of amides is 2. The van der Waals surface area contributed by atoms with E-state index in [2.05, 4.69) is 10.6 Å². The molecule has 0 radical (unpaired) electrons. The van der Waals surface area contributed by atoms with E-state index in [4.69, 9.17) is 22.1 Å². The number of ether oxygens (including phenoxy) is 1. The van der Waals surface area contributed by atoms with Crippen molar-refractivity contribution < 1.29 is 22.7 Å². The largest absolute Gasteiger partial charge is 0.379 e. The molecule has 2 aromatic carbocycles. The lowest BCUT2D eigenvalue weighted by Gasteiger charge is -2.26. The predicted octanol–water partition coefficient (Wildman–Crippen LogP) is 1.51. The fourth-order valence-electron chi connectivity index (χ4n) is 2.86. The molecule has 9 nitrogen and oxygen atoms in total. The quantitative estimate of drug-likeness (QED) is 0.583. The highest BCUT2D eigenvalue weighted by Gasteiger charge is 2.26. The number of nitrogens with one attached hydrogen (secondary N) is 2. The number of carbonyl (C=O) groups is 2. The Labute approximate surface area is 179 Å². The summed E-state index contributed by atoms with van der Waals surface area (Å²) in [7, 11) is -3.58. The van der Waals surface area contributed by atoms with Crippen molar-refractivity contribution in [3.05, 3.63) is 53.1 Å². The van der Waals surface area contributed by atoms with Gasteiger partial charge in [0.05, 0.1) is 35.2 Å². The van der Waals surface area contributed by atoms with Crippen LogP contribution in [0.3, 0.4) is 0 Å². The number of nitrogens with two attached hydrogens (primary N) is 1. The first kappa shape index (κ1) is 22.0. The third kappa shape index (κ3) is 5.28. The lowest BCUT2D eigenvalue weighted by Crippen LogP contribution is -2.40. The molecule has 1 aliphatic heterocycles. The molecule has 0 aromatic heterocycles. The van der Waals surface area contributed by atoms with Crippen LogP contribution in [0.4, 0.5) is 11.4 Å². The summed E-state index contributed by atoms with van der Waals surface area (Å²) in [4.78, 5) is 23.5. The molecule has 0 bridgehead atoms. The SMILES string of the molecule is NC(=O)c1ccc(NCC(=O)Nc2ccc(S(=O)(=O)N3CCOCC3)cc2)cc1Cl. The summed E-state index contributed by atoms with van der Waals surface area (Å²) in [5, 5.41) is 5.75. The van der Waals surface area contributed by atoms with Gasteiger partial charge in [0.1, 0.15) is 0 Å². The third-order valence-corrected chi connectivity index (χ3v) is 6.66. The number of nitrogens with zero attached hydrogens (tertiary/aromatic N) is 1. The van der Waals surface area contributed by atoms with Crippen molar-refractivity contribution in [2.75, 3.05) is 43.5 Å². The van der Waals surface area contributed by atoms with E-state index >= 15 is 0 Å². The Bertz CT molecular complexity index is 1040. The van der Waals surface area contributed by atoms with Crippen molar-refractivity contribution in [1.29, 1.82) is 0 Å². The predicted molar refractivity (Wildman–Crippen MR) is 113 cm³/mol. The molecule has 1 fully saturated rings. The maximum atomic E-state index is 12.6. The molecule has 1 saturated heterocycles. The Morgan fingerprint density at radius 1 is 1.07 bits per heavy atom. The van der Waals surface area contributed by atoms with Crippen LogP contribution >= 0.6 is 11.6 Å². The molecule has 2 aromatic rings. The van der Waals surface area contributed by atoms with E-state index in [1.54, 1.807) is 6.07 Å². The van der Waals surface area contributed by atoms with Crippen molar-refractivity contribution in [3.63, 3.8) is 0 Å². The lowest BCUT2D eigenvalue weighted by molar-refractivity contribution is -0.114. The highest BCUT2D eigenvalue weighted by atomic mass is 35.5. The first-order valence-corrected chi connectivity index (χ1v) is 10.9. The van der Waals surface area contributed by atoms with Crippen molar-refractivity contribution in [1.82, 2.24) is 4.31 Å². The van der Waals surface area contributed by atoms with Gasteiger partial charge in [-0.3, -0.25) is 9.59 Å². The number of sulfonamides is 1. The molecule has 30 heavy (non-hydrogen) atoms. The molecule has 0 spiro atoms. The van der Waals surface area contributed by atoms with Gasteiger partial charge in [-0.2, -0.15) is 4.31 Å². The molecule has 11 heteroatoms. The minimum atomic E-state index is -3.58. The molecular formula is C19H21ClN4O5S. The van der Waals surface area contributed by atoms with Gasteiger partial charge in [-0.05, 0) is 42.5 Å². The highest BCUT2D eigenvalue weighted by molar-refractivity contribution is 7.89. The summed E-state index contributed by atoms with van der Waals surface area (Å²) >= 11 is 5.98. The average molecular weight is 453 g/mol. The Kier molecular flexibility index (Phi) is 6.93. The van der Waals surface area contributed by atoms with Gasteiger partial charge in [-0.25, -0.2) is 8.42 Å². The van der Waals surface area contributed by atoms with Crippen LogP contribution < -0.4 is 16.4 Å². The van der Waals surface area contributed by atoms with Gasteiger partial charge in [-0.1, -0.05) is 11.6 Å². The van der Waals surface area contributed by atoms with E-state index in [1.165, 1.54) is 40.7 Å². The number of morpholine rings is 1. The van der Waals surface area contributed by atoms with Gasteiger partial charge in [0.15, 0.2) is 0 Å². The minimum absolute atomic E-state index is 0.0555. The van der Waals surface area contributed by atoms with Crippen LogP contribution in [0.25, 0.3) is 0 Å². The van der Waals surface area contributed by atoms with Crippen molar-refractivity contribution in [2.45, 2.75) is 4.90 Å². The Morgan fingerprint density at radius 3 is 2.30 bits per heavy atom. The first-order valence-electron chi connectivity index (χ1n) is 9.08. The number of hydrogen-bond acceptors (Lipinski definition) is 6. The Morgan fingerprint density at radius 2 is 1.70 bits per heavy atom. The Hall–Kier alpha value is -2.66. The maximum absolute atomic E-state index is 12.6. The van der Waals surface area contributed by atoms with Crippen molar-refractivity contribution in [3.8, 4) is 0 Å². The fraction of sp³-hybridized carbons (Fsp3) is 0.263. The number of benzene rings is 2. The highest BCUT2D eigenvalue weighted by Crippen LogP contribution is 2.21. The van der Waals surface area contributed by atoms with Gasteiger partial charge in [0, 0.05) is 24.5 Å². The molecule has 0 saturated carbocycles. The molecule has 3 rings (SSSR count). The second-order valence-corrected chi connectivity index (χ2v) is 8.85. The molecule has 1 heterocycles. The molecule has 0 unspecified atom stereocenters. The summed E-state index contributed by atoms with van der Waals surface area (Å²) in [6.45, 7) is 1.32. The van der Waals surface area contributed by atoms with Gasteiger partial charge in [-0.15, -0.1) is 0 Å². The van der Waals surface area contributed by atoms with E-state index in [0.29, 0.717) is 37.7 Å². The zero-order valence-corrected chi connectivity index (χ0v) is 17.5. The number of rotatable bonds is 7. The second kappa shape index (κ2) is 9.43. The molecule has 1 aliphatic rings. The topological polar surface area (TPSA) is 131 Å². The number of anilines is 2. The molecule has 2 amide bonds. The maximum Gasteiger partial charge on any atom is 0.250 e. The molecule has 0 atom stereocenters. The number of halogens is 1. The number of primary amides is 1. The van der Waals surface area contributed by atoms with Crippen LogP contribution in [0.5, 0.6) is 0 Å². The Balaban J connectivity index is 1.57. The van der Waals surface area contributed by atoms with Gasteiger partial charge >= 0.3 is 0 Å². The normalized spacial score (nSPS) is 14.8. The monoisotopic (exact) mass is 452 g/mol. The second-order valence-electron chi connectivity index (χ2n) is 6.50. The van der Waals surface area contributed by atoms with E-state index in [-0.39, 0.29) is 27.9 Å². The van der Waals surface area contributed by atoms with Crippen molar-refractivity contribution in [2.24, 2.45) is 5.73 Å². The van der Waals surface area contributed by atoms with E-state index < -0.39 is 15.9 Å². The molecular weight excluding hydrogens is 432 g/mol. The van der Waals surface area contributed by atoms with E-state index in [9.17, 15) is 18.0 Å². The third-order valence-electron chi connectivity index (χ3n) is 4.43. The smallest absolute Gasteiger partial charge is 0.250 e. The minimum Gasteiger partial charge on any atom is -0.379 e. The zero-order valence-electron chi connectivity index (χ0n) is 15.9. The zero-order chi connectivity index (χ0) is 21.7. The van der Waals surface area contributed by atoms with Crippen LogP contribution in [0.1, 0.15) is 10.4 Å².